The van der Waals surface area contributed by atoms with E-state index >= 15 is 0 Å². The first-order valence-corrected chi connectivity index (χ1v) is 22.6. The van der Waals surface area contributed by atoms with Gasteiger partial charge in [0.2, 0.25) is 5.91 Å². The van der Waals surface area contributed by atoms with E-state index in [1.54, 1.807) is 0 Å². The normalized spacial score (nSPS) is 14.2. The van der Waals surface area contributed by atoms with Gasteiger partial charge in [-0.05, 0) is 32.1 Å². The van der Waals surface area contributed by atoms with Crippen molar-refractivity contribution in [2.24, 2.45) is 0 Å². The Morgan fingerprint density at radius 2 is 0.824 bits per heavy atom. The van der Waals surface area contributed by atoms with Gasteiger partial charge in [-0.25, -0.2) is 0 Å². The summed E-state index contributed by atoms with van der Waals surface area (Å²) in [5.74, 6) is -0.594. The number of carbonyl (C=O) groups excluding carboxylic acids is 1. The van der Waals surface area contributed by atoms with Crippen molar-refractivity contribution in [3.05, 3.63) is 12.2 Å². The number of rotatable bonds is 41. The van der Waals surface area contributed by atoms with E-state index in [1.165, 1.54) is 167 Å². The van der Waals surface area contributed by atoms with E-state index in [9.17, 15) is 25.2 Å². The first-order chi connectivity index (χ1) is 25.0. The predicted molar refractivity (Wildman–Crippen MR) is 219 cm³/mol. The zero-order valence-electron chi connectivity index (χ0n) is 34.1. The lowest BCUT2D eigenvalue weighted by atomic mass is 10.00. The summed E-state index contributed by atoms with van der Waals surface area (Å²) in [4.78, 5) is 12.4. The molecule has 0 aromatic rings. The van der Waals surface area contributed by atoms with Crippen LogP contribution in [0.5, 0.6) is 0 Å². The fraction of sp³-hybridized carbons (Fsp3) is 0.933. The monoisotopic (exact) mass is 724 g/mol. The molecule has 0 aromatic carbocycles. The molecule has 0 rings (SSSR count). The second kappa shape index (κ2) is 40.2. The minimum atomic E-state index is -1.27. The molecule has 0 aliphatic carbocycles. The summed E-state index contributed by atoms with van der Waals surface area (Å²) in [5, 5.41) is 43.2. The lowest BCUT2D eigenvalue weighted by molar-refractivity contribution is -0.132. The molecule has 0 fully saturated rings. The highest BCUT2D eigenvalue weighted by molar-refractivity contribution is 5.80. The fourth-order valence-corrected chi connectivity index (χ4v) is 7.12. The van der Waals surface area contributed by atoms with Crippen molar-refractivity contribution in [2.75, 3.05) is 6.61 Å². The van der Waals surface area contributed by atoms with E-state index in [1.807, 2.05) is 0 Å². The molecule has 0 aromatic heterocycles. The Bertz CT molecular complexity index is 731. The highest BCUT2D eigenvalue weighted by Gasteiger charge is 2.28. The highest BCUT2D eigenvalue weighted by atomic mass is 16.3. The Hall–Kier alpha value is -0.950. The number of nitrogens with one attached hydrogen (secondary N) is 1. The lowest BCUT2D eigenvalue weighted by Crippen LogP contribution is -2.53. The molecule has 1 amide bonds. The molecular weight excluding hydrogens is 634 g/mol. The van der Waals surface area contributed by atoms with Crippen LogP contribution >= 0.6 is 0 Å². The fourth-order valence-electron chi connectivity index (χ4n) is 7.12. The van der Waals surface area contributed by atoms with Gasteiger partial charge >= 0.3 is 0 Å². The number of aliphatic hydroxyl groups is 4. The molecule has 0 heterocycles. The van der Waals surface area contributed by atoms with Gasteiger partial charge in [-0.2, -0.15) is 0 Å². The topological polar surface area (TPSA) is 110 Å². The van der Waals surface area contributed by atoms with Crippen LogP contribution in [0.15, 0.2) is 12.2 Å². The van der Waals surface area contributed by atoms with Gasteiger partial charge in [-0.15, -0.1) is 0 Å². The van der Waals surface area contributed by atoms with Crippen LogP contribution in [0.3, 0.4) is 0 Å². The number of carbonyl (C=O) groups is 1. The van der Waals surface area contributed by atoms with Crippen molar-refractivity contribution in [1.29, 1.82) is 0 Å². The van der Waals surface area contributed by atoms with Crippen LogP contribution in [-0.2, 0) is 4.79 Å². The Labute approximate surface area is 317 Å². The molecule has 0 radical (unpaired) electrons. The predicted octanol–water partition coefficient (Wildman–Crippen LogP) is 11.8. The number of hydrogen-bond acceptors (Lipinski definition) is 5. The molecular formula is C45H89NO5. The van der Waals surface area contributed by atoms with Gasteiger partial charge in [0.1, 0.15) is 12.2 Å². The summed E-state index contributed by atoms with van der Waals surface area (Å²) in [6.45, 7) is 3.92. The first kappa shape index (κ1) is 50.1. The average Bonchev–Trinajstić information content (AvgIpc) is 3.13. The van der Waals surface area contributed by atoms with E-state index in [0.29, 0.717) is 19.3 Å². The van der Waals surface area contributed by atoms with Crippen LogP contribution in [0.2, 0.25) is 0 Å². The summed E-state index contributed by atoms with van der Waals surface area (Å²) < 4.78 is 0. The summed E-state index contributed by atoms with van der Waals surface area (Å²) in [6.07, 6.45) is 44.6. The maximum Gasteiger partial charge on any atom is 0.249 e. The van der Waals surface area contributed by atoms with Gasteiger partial charge in [-0.1, -0.05) is 219 Å². The van der Waals surface area contributed by atoms with E-state index in [2.05, 4.69) is 31.3 Å². The molecule has 0 saturated heterocycles. The molecule has 51 heavy (non-hydrogen) atoms. The van der Waals surface area contributed by atoms with Gasteiger partial charge in [0, 0.05) is 0 Å². The molecule has 4 atom stereocenters. The van der Waals surface area contributed by atoms with Gasteiger partial charge in [0.25, 0.3) is 0 Å². The molecule has 4 unspecified atom stereocenters. The third-order valence-corrected chi connectivity index (χ3v) is 10.7. The van der Waals surface area contributed by atoms with E-state index in [0.717, 1.165) is 38.5 Å². The Kier molecular flexibility index (Phi) is 39.5. The van der Waals surface area contributed by atoms with Crippen LogP contribution < -0.4 is 5.32 Å². The zero-order valence-corrected chi connectivity index (χ0v) is 34.1. The van der Waals surface area contributed by atoms with Crippen LogP contribution in [0.4, 0.5) is 0 Å². The summed E-state index contributed by atoms with van der Waals surface area (Å²) in [5.41, 5.74) is 0. The molecule has 5 N–H and O–H groups in total. The van der Waals surface area contributed by atoms with Crippen molar-refractivity contribution >= 4 is 5.91 Å². The molecule has 304 valence electrons. The van der Waals surface area contributed by atoms with Crippen molar-refractivity contribution in [3.8, 4) is 0 Å². The minimum absolute atomic E-state index is 0.367. The standard InChI is InChI=1S/C45H89NO5/c1-3-5-7-9-11-12-13-14-15-16-17-18-19-20-21-22-23-24-25-26-27-28-29-30-31-32-33-35-37-39-43(49)45(51)46-41(40-47)44(50)42(48)38-36-34-10-8-6-4-2/h8,10,41-44,47-50H,3-7,9,11-40H2,1-2H3,(H,46,51)/b10-8+. The molecule has 0 spiro atoms. The van der Waals surface area contributed by atoms with Crippen molar-refractivity contribution in [2.45, 2.75) is 263 Å². The number of amides is 1. The van der Waals surface area contributed by atoms with E-state index in [4.69, 9.17) is 0 Å². The highest BCUT2D eigenvalue weighted by Crippen LogP contribution is 2.17. The second-order valence-corrected chi connectivity index (χ2v) is 15.8. The third-order valence-electron chi connectivity index (χ3n) is 10.7. The smallest absolute Gasteiger partial charge is 0.249 e. The summed E-state index contributed by atoms with van der Waals surface area (Å²) in [7, 11) is 0. The van der Waals surface area contributed by atoms with E-state index in [-0.39, 0.29) is 0 Å². The molecule has 6 heteroatoms. The molecule has 0 bridgehead atoms. The number of allylic oxidation sites excluding steroid dienone is 2. The first-order valence-electron chi connectivity index (χ1n) is 22.6. The van der Waals surface area contributed by atoms with Crippen molar-refractivity contribution in [3.63, 3.8) is 0 Å². The van der Waals surface area contributed by atoms with Crippen LogP contribution in [-0.4, -0.2) is 57.3 Å². The molecule has 0 aliphatic heterocycles. The summed E-state index contributed by atoms with van der Waals surface area (Å²) in [6, 6.07) is -0.994. The Morgan fingerprint density at radius 1 is 0.471 bits per heavy atom. The van der Waals surface area contributed by atoms with Crippen LogP contribution in [0, 0.1) is 0 Å². The number of unbranched alkanes of at least 4 members (excludes halogenated alkanes) is 30. The van der Waals surface area contributed by atoms with Gasteiger partial charge in [0.15, 0.2) is 0 Å². The largest absolute Gasteiger partial charge is 0.394 e. The minimum Gasteiger partial charge on any atom is -0.394 e. The molecule has 0 saturated carbocycles. The second-order valence-electron chi connectivity index (χ2n) is 15.8. The quantitative estimate of drug-likeness (QED) is 0.0319. The molecule has 0 aliphatic rings. The maximum atomic E-state index is 12.4. The Balaban J connectivity index is 3.49. The SMILES string of the molecule is CCC/C=C/CCCC(O)C(O)C(CO)NC(=O)C(O)CCCCCCCCCCCCCCCCCCCCCCCCCCCCCCC. The maximum absolute atomic E-state index is 12.4. The van der Waals surface area contributed by atoms with Crippen LogP contribution in [0.25, 0.3) is 0 Å². The third kappa shape index (κ3) is 34.6. The zero-order chi connectivity index (χ0) is 37.5. The van der Waals surface area contributed by atoms with Crippen LogP contribution in [0.1, 0.15) is 239 Å². The van der Waals surface area contributed by atoms with Gasteiger partial charge in [0.05, 0.1) is 18.8 Å². The van der Waals surface area contributed by atoms with Gasteiger partial charge < -0.3 is 25.7 Å². The number of aliphatic hydroxyl groups excluding tert-OH is 4. The average molecular weight is 724 g/mol. The van der Waals surface area contributed by atoms with Gasteiger partial charge in [-0.3, -0.25) is 4.79 Å². The Morgan fingerprint density at radius 3 is 1.18 bits per heavy atom. The number of hydrogen-bond donors (Lipinski definition) is 5. The van der Waals surface area contributed by atoms with Crippen molar-refractivity contribution in [1.82, 2.24) is 5.32 Å². The molecule has 6 nitrogen and oxygen atoms in total. The van der Waals surface area contributed by atoms with Crippen molar-refractivity contribution < 1.29 is 25.2 Å². The lowest BCUT2D eigenvalue weighted by Gasteiger charge is -2.27. The summed E-state index contributed by atoms with van der Waals surface area (Å²) >= 11 is 0. The van der Waals surface area contributed by atoms with E-state index < -0.39 is 36.9 Å².